The Balaban J connectivity index is 2.13. The van der Waals surface area contributed by atoms with E-state index in [1.54, 1.807) is 0 Å². The standard InChI is InChI=1S/C8H15O2/c1-7(2)10-8-5-3-4-6-9-8/h7-8H,1,3-6H2,2H3. The van der Waals surface area contributed by atoms with Crippen LogP contribution < -0.4 is 0 Å². The molecule has 0 aromatic heterocycles. The fourth-order valence-electron chi connectivity index (χ4n) is 1.08. The molecule has 1 aliphatic rings. The van der Waals surface area contributed by atoms with E-state index in [-0.39, 0.29) is 12.4 Å². The zero-order valence-corrected chi connectivity index (χ0v) is 6.51. The summed E-state index contributed by atoms with van der Waals surface area (Å²) in [5, 5.41) is 0. The van der Waals surface area contributed by atoms with Gasteiger partial charge in [-0.05, 0) is 33.1 Å². The fourth-order valence-corrected chi connectivity index (χ4v) is 1.08. The van der Waals surface area contributed by atoms with Crippen molar-refractivity contribution in [3.8, 4) is 0 Å². The average Bonchev–Trinajstić information content (AvgIpc) is 1.88. The van der Waals surface area contributed by atoms with Crippen molar-refractivity contribution in [2.45, 2.75) is 38.6 Å². The summed E-state index contributed by atoms with van der Waals surface area (Å²) >= 11 is 0. The molecule has 1 aliphatic heterocycles. The van der Waals surface area contributed by atoms with Crippen molar-refractivity contribution in [3.63, 3.8) is 0 Å². The van der Waals surface area contributed by atoms with Crippen LogP contribution in [0.3, 0.4) is 0 Å². The third-order valence-corrected chi connectivity index (χ3v) is 1.52. The molecular weight excluding hydrogens is 128 g/mol. The maximum absolute atomic E-state index is 5.36. The summed E-state index contributed by atoms with van der Waals surface area (Å²) in [4.78, 5) is 0. The summed E-state index contributed by atoms with van der Waals surface area (Å²) in [6.45, 7) is 6.50. The second-order valence-corrected chi connectivity index (χ2v) is 2.74. The molecule has 2 heteroatoms. The molecule has 0 saturated carbocycles. The molecule has 59 valence electrons. The lowest BCUT2D eigenvalue weighted by atomic mass is 10.2. The van der Waals surface area contributed by atoms with Gasteiger partial charge < -0.3 is 9.47 Å². The van der Waals surface area contributed by atoms with Gasteiger partial charge in [-0.2, -0.15) is 0 Å². The van der Waals surface area contributed by atoms with Crippen LogP contribution in [0.15, 0.2) is 0 Å². The topological polar surface area (TPSA) is 18.5 Å². The van der Waals surface area contributed by atoms with Crippen molar-refractivity contribution in [2.24, 2.45) is 0 Å². The second-order valence-electron chi connectivity index (χ2n) is 2.74. The predicted molar refractivity (Wildman–Crippen MR) is 39.5 cm³/mol. The molecule has 1 heterocycles. The summed E-state index contributed by atoms with van der Waals surface area (Å²) in [5.74, 6) is 0. The van der Waals surface area contributed by atoms with Crippen LogP contribution in [0.5, 0.6) is 0 Å². The Morgan fingerprint density at radius 2 is 2.40 bits per heavy atom. The molecule has 0 spiro atoms. The van der Waals surface area contributed by atoms with Crippen LogP contribution >= 0.6 is 0 Å². The molecule has 10 heavy (non-hydrogen) atoms. The minimum Gasteiger partial charge on any atom is -0.353 e. The van der Waals surface area contributed by atoms with E-state index in [0.29, 0.717) is 0 Å². The Bertz CT molecular complexity index is 85.3. The van der Waals surface area contributed by atoms with Gasteiger partial charge in [0.25, 0.3) is 0 Å². The quantitative estimate of drug-likeness (QED) is 0.586. The third kappa shape index (κ3) is 2.67. The van der Waals surface area contributed by atoms with Crippen molar-refractivity contribution in [2.75, 3.05) is 6.61 Å². The number of hydrogen-bond donors (Lipinski definition) is 0. The van der Waals surface area contributed by atoms with E-state index in [1.165, 1.54) is 12.8 Å². The van der Waals surface area contributed by atoms with Gasteiger partial charge >= 0.3 is 0 Å². The van der Waals surface area contributed by atoms with Crippen LogP contribution in [0.4, 0.5) is 0 Å². The molecule has 0 amide bonds. The van der Waals surface area contributed by atoms with E-state index in [0.717, 1.165) is 13.0 Å². The van der Waals surface area contributed by atoms with Crippen molar-refractivity contribution in [1.82, 2.24) is 0 Å². The molecule has 1 rings (SSSR count). The highest BCUT2D eigenvalue weighted by Gasteiger charge is 2.14. The van der Waals surface area contributed by atoms with E-state index >= 15 is 0 Å². The van der Waals surface area contributed by atoms with E-state index in [4.69, 9.17) is 9.47 Å². The molecular formula is C8H15O2. The van der Waals surface area contributed by atoms with Crippen molar-refractivity contribution in [3.05, 3.63) is 6.92 Å². The average molecular weight is 143 g/mol. The molecule has 1 saturated heterocycles. The summed E-state index contributed by atoms with van der Waals surface area (Å²) in [6.07, 6.45) is 3.48. The smallest absolute Gasteiger partial charge is 0.157 e. The monoisotopic (exact) mass is 143 g/mol. The molecule has 1 radical (unpaired) electrons. The molecule has 1 fully saturated rings. The van der Waals surface area contributed by atoms with Gasteiger partial charge in [-0.25, -0.2) is 0 Å². The molecule has 0 aromatic rings. The van der Waals surface area contributed by atoms with Gasteiger partial charge in [0.15, 0.2) is 6.29 Å². The van der Waals surface area contributed by atoms with Crippen LogP contribution in [0.2, 0.25) is 0 Å². The lowest BCUT2D eigenvalue weighted by molar-refractivity contribution is -0.175. The second kappa shape index (κ2) is 3.94. The summed E-state index contributed by atoms with van der Waals surface area (Å²) in [5.41, 5.74) is 0. The molecule has 2 atom stereocenters. The SMILES string of the molecule is [CH2]C(C)OC1CCCCO1. The van der Waals surface area contributed by atoms with Crippen molar-refractivity contribution < 1.29 is 9.47 Å². The first-order valence-electron chi connectivity index (χ1n) is 3.89. The molecule has 2 nitrogen and oxygen atoms in total. The maximum atomic E-state index is 5.36. The Hall–Kier alpha value is -0.0800. The minimum absolute atomic E-state index is 0.0150. The van der Waals surface area contributed by atoms with Gasteiger partial charge in [-0.1, -0.05) is 0 Å². The summed E-state index contributed by atoms with van der Waals surface area (Å²) in [7, 11) is 0. The third-order valence-electron chi connectivity index (χ3n) is 1.52. The lowest BCUT2D eigenvalue weighted by Crippen LogP contribution is -2.25. The first kappa shape index (κ1) is 8.02. The highest BCUT2D eigenvalue weighted by atomic mass is 16.7. The van der Waals surface area contributed by atoms with Gasteiger partial charge in [0.05, 0.1) is 6.10 Å². The summed E-state index contributed by atoms with van der Waals surface area (Å²) in [6, 6.07) is 0. The van der Waals surface area contributed by atoms with Crippen LogP contribution in [-0.2, 0) is 9.47 Å². The Morgan fingerprint density at radius 3 is 2.90 bits per heavy atom. The van der Waals surface area contributed by atoms with Gasteiger partial charge in [0, 0.05) is 6.61 Å². The zero-order valence-electron chi connectivity index (χ0n) is 6.51. The Labute approximate surface area is 62.5 Å². The number of ether oxygens (including phenoxy) is 2. The van der Waals surface area contributed by atoms with Crippen molar-refractivity contribution >= 4 is 0 Å². The van der Waals surface area contributed by atoms with Crippen LogP contribution in [0.25, 0.3) is 0 Å². The first-order valence-corrected chi connectivity index (χ1v) is 3.89. The lowest BCUT2D eigenvalue weighted by Gasteiger charge is -2.24. The highest BCUT2D eigenvalue weighted by Crippen LogP contribution is 2.14. The van der Waals surface area contributed by atoms with Crippen LogP contribution in [0, 0.1) is 6.92 Å². The molecule has 0 bridgehead atoms. The minimum atomic E-state index is 0.0150. The van der Waals surface area contributed by atoms with Crippen LogP contribution in [0.1, 0.15) is 26.2 Å². The van der Waals surface area contributed by atoms with Crippen molar-refractivity contribution in [1.29, 1.82) is 0 Å². The van der Waals surface area contributed by atoms with E-state index in [1.807, 2.05) is 6.92 Å². The van der Waals surface area contributed by atoms with Gasteiger partial charge in [0.1, 0.15) is 0 Å². The largest absolute Gasteiger partial charge is 0.353 e. The van der Waals surface area contributed by atoms with E-state index in [9.17, 15) is 0 Å². The fraction of sp³-hybridized carbons (Fsp3) is 0.875. The maximum Gasteiger partial charge on any atom is 0.157 e. The normalized spacial score (nSPS) is 27.3. The van der Waals surface area contributed by atoms with Crippen LogP contribution in [-0.4, -0.2) is 19.0 Å². The zero-order chi connectivity index (χ0) is 7.40. The van der Waals surface area contributed by atoms with Gasteiger partial charge in [-0.3, -0.25) is 0 Å². The molecule has 0 aromatic carbocycles. The first-order chi connectivity index (χ1) is 4.79. The number of rotatable bonds is 2. The van der Waals surface area contributed by atoms with E-state index < -0.39 is 0 Å². The van der Waals surface area contributed by atoms with Gasteiger partial charge in [0.2, 0.25) is 0 Å². The molecule has 0 N–H and O–H groups in total. The summed E-state index contributed by atoms with van der Waals surface area (Å²) < 4.78 is 10.7. The number of hydrogen-bond acceptors (Lipinski definition) is 2. The predicted octanol–water partition coefficient (Wildman–Crippen LogP) is 1.75. The Kier molecular flexibility index (Phi) is 3.16. The Morgan fingerprint density at radius 1 is 1.60 bits per heavy atom. The van der Waals surface area contributed by atoms with Gasteiger partial charge in [-0.15, -0.1) is 0 Å². The molecule has 0 aliphatic carbocycles. The highest BCUT2D eigenvalue weighted by molar-refractivity contribution is 4.57. The van der Waals surface area contributed by atoms with E-state index in [2.05, 4.69) is 6.92 Å². The molecule has 2 unspecified atom stereocenters.